The molecular weight excluding hydrogens is 336 g/mol. The topological polar surface area (TPSA) is 64.4 Å². The van der Waals surface area contributed by atoms with E-state index in [9.17, 15) is 10.1 Å². The molecule has 0 aliphatic carbocycles. The Morgan fingerprint density at radius 1 is 1.24 bits per heavy atom. The third kappa shape index (κ3) is 4.19. The molecule has 0 unspecified atom stereocenters. The summed E-state index contributed by atoms with van der Waals surface area (Å²) < 4.78 is 6.18. The van der Waals surface area contributed by atoms with Gasteiger partial charge in [0.15, 0.2) is 0 Å². The summed E-state index contributed by atoms with van der Waals surface area (Å²) in [6.45, 7) is 2.93. The molecule has 0 radical (unpaired) electrons. The highest BCUT2D eigenvalue weighted by molar-refractivity contribution is 9.10. The lowest BCUT2D eigenvalue weighted by molar-refractivity contribution is -0.385. The first-order chi connectivity index (χ1) is 10.1. The van der Waals surface area contributed by atoms with Crippen LogP contribution in [0.2, 0.25) is 0 Å². The average Bonchev–Trinajstić information content (AvgIpc) is 2.46. The third-order valence-corrected chi connectivity index (χ3v) is 3.38. The first-order valence-corrected chi connectivity index (χ1v) is 7.29. The summed E-state index contributed by atoms with van der Waals surface area (Å²) >= 11 is 3.33. The van der Waals surface area contributed by atoms with Crippen molar-refractivity contribution < 1.29 is 9.66 Å². The minimum absolute atomic E-state index is 0.108. The number of halogens is 1. The molecule has 6 heteroatoms. The van der Waals surface area contributed by atoms with Gasteiger partial charge >= 0.3 is 0 Å². The number of hydrogen-bond acceptors (Lipinski definition) is 4. The average molecular weight is 351 g/mol. The zero-order valence-corrected chi connectivity index (χ0v) is 13.1. The monoisotopic (exact) mass is 350 g/mol. The standard InChI is InChI=1S/C15H15BrN2O3/c1-2-21-14-6-4-13(5-7-14)17-10-11-9-12(16)3-8-15(11)18(19)20/h3-9,17H,2,10H2,1H3. The van der Waals surface area contributed by atoms with Crippen molar-refractivity contribution in [3.63, 3.8) is 0 Å². The lowest BCUT2D eigenvalue weighted by Crippen LogP contribution is -2.03. The predicted molar refractivity (Wildman–Crippen MR) is 85.7 cm³/mol. The molecule has 0 saturated carbocycles. The minimum atomic E-state index is -0.373. The molecule has 0 spiro atoms. The van der Waals surface area contributed by atoms with Gasteiger partial charge in [-0.1, -0.05) is 15.9 Å². The predicted octanol–water partition coefficient (Wildman–Crippen LogP) is 4.37. The number of nitro groups is 1. The van der Waals surface area contributed by atoms with Gasteiger partial charge in [0.2, 0.25) is 0 Å². The maximum absolute atomic E-state index is 11.0. The molecule has 0 aliphatic heterocycles. The van der Waals surface area contributed by atoms with E-state index in [1.54, 1.807) is 12.1 Å². The molecule has 1 N–H and O–H groups in total. The summed E-state index contributed by atoms with van der Waals surface area (Å²) in [5, 5.41) is 14.2. The molecule has 2 aromatic carbocycles. The number of benzene rings is 2. The molecule has 0 heterocycles. The van der Waals surface area contributed by atoms with Crippen LogP contribution in [-0.4, -0.2) is 11.5 Å². The first-order valence-electron chi connectivity index (χ1n) is 6.49. The number of nitrogens with one attached hydrogen (secondary N) is 1. The Morgan fingerprint density at radius 3 is 2.57 bits per heavy atom. The molecule has 2 aromatic rings. The Balaban J connectivity index is 2.08. The zero-order valence-electron chi connectivity index (χ0n) is 11.5. The van der Waals surface area contributed by atoms with E-state index in [4.69, 9.17) is 4.74 Å². The molecule has 2 rings (SSSR count). The van der Waals surface area contributed by atoms with E-state index < -0.39 is 0 Å². The van der Waals surface area contributed by atoms with Crippen LogP contribution in [0.3, 0.4) is 0 Å². The maximum Gasteiger partial charge on any atom is 0.274 e. The SMILES string of the molecule is CCOc1ccc(NCc2cc(Br)ccc2[N+](=O)[O-])cc1. The second kappa shape index (κ2) is 7.08. The van der Waals surface area contributed by atoms with Gasteiger partial charge < -0.3 is 10.1 Å². The van der Waals surface area contributed by atoms with Gasteiger partial charge in [0.1, 0.15) is 5.75 Å². The van der Waals surface area contributed by atoms with E-state index in [1.807, 2.05) is 31.2 Å². The molecule has 110 valence electrons. The molecule has 0 bridgehead atoms. The van der Waals surface area contributed by atoms with Crippen molar-refractivity contribution in [2.45, 2.75) is 13.5 Å². The van der Waals surface area contributed by atoms with Crippen molar-refractivity contribution in [3.05, 3.63) is 62.6 Å². The van der Waals surface area contributed by atoms with Crippen LogP contribution in [0.25, 0.3) is 0 Å². The number of rotatable bonds is 6. The first kappa shape index (κ1) is 15.3. The number of nitro benzene ring substituents is 1. The van der Waals surface area contributed by atoms with E-state index >= 15 is 0 Å². The van der Waals surface area contributed by atoms with Crippen LogP contribution in [0, 0.1) is 10.1 Å². The number of hydrogen-bond donors (Lipinski definition) is 1. The summed E-state index contributed by atoms with van der Waals surface area (Å²) in [5.41, 5.74) is 1.62. The summed E-state index contributed by atoms with van der Waals surface area (Å²) in [4.78, 5) is 10.6. The fourth-order valence-electron chi connectivity index (χ4n) is 1.91. The third-order valence-electron chi connectivity index (χ3n) is 2.89. The van der Waals surface area contributed by atoms with Crippen molar-refractivity contribution in [3.8, 4) is 5.75 Å². The number of anilines is 1. The van der Waals surface area contributed by atoms with Gasteiger partial charge in [0.25, 0.3) is 5.69 Å². The Morgan fingerprint density at radius 2 is 1.95 bits per heavy atom. The summed E-state index contributed by atoms with van der Waals surface area (Å²) in [5.74, 6) is 0.802. The second-order valence-electron chi connectivity index (χ2n) is 4.34. The lowest BCUT2D eigenvalue weighted by Gasteiger charge is -2.09. The van der Waals surface area contributed by atoms with Crippen molar-refractivity contribution in [2.75, 3.05) is 11.9 Å². The fourth-order valence-corrected chi connectivity index (χ4v) is 2.32. The van der Waals surface area contributed by atoms with Crippen LogP contribution in [0.15, 0.2) is 46.9 Å². The molecule has 0 fully saturated rings. The highest BCUT2D eigenvalue weighted by Gasteiger charge is 2.13. The van der Waals surface area contributed by atoms with Crippen molar-refractivity contribution >= 4 is 27.3 Å². The quantitative estimate of drug-likeness (QED) is 0.620. The van der Waals surface area contributed by atoms with Gasteiger partial charge in [-0.25, -0.2) is 0 Å². The van der Waals surface area contributed by atoms with Gasteiger partial charge in [-0.05, 0) is 43.3 Å². The number of ether oxygens (including phenoxy) is 1. The molecule has 0 aliphatic rings. The molecule has 0 aromatic heterocycles. The minimum Gasteiger partial charge on any atom is -0.494 e. The van der Waals surface area contributed by atoms with E-state index in [1.165, 1.54) is 6.07 Å². The van der Waals surface area contributed by atoms with Gasteiger partial charge in [-0.3, -0.25) is 10.1 Å². The zero-order chi connectivity index (χ0) is 15.2. The van der Waals surface area contributed by atoms with Gasteiger partial charge in [0, 0.05) is 28.3 Å². The Kier molecular flexibility index (Phi) is 5.16. The summed E-state index contributed by atoms with van der Waals surface area (Å²) in [6.07, 6.45) is 0. The Hall–Kier alpha value is -2.08. The van der Waals surface area contributed by atoms with E-state index in [-0.39, 0.29) is 10.6 Å². The van der Waals surface area contributed by atoms with Crippen molar-refractivity contribution in [1.82, 2.24) is 0 Å². The molecule has 21 heavy (non-hydrogen) atoms. The van der Waals surface area contributed by atoms with Crippen LogP contribution in [-0.2, 0) is 6.54 Å². The van der Waals surface area contributed by atoms with Crippen LogP contribution in [0.5, 0.6) is 5.75 Å². The smallest absolute Gasteiger partial charge is 0.274 e. The van der Waals surface area contributed by atoms with E-state index in [2.05, 4.69) is 21.2 Å². The van der Waals surface area contributed by atoms with E-state index in [0.29, 0.717) is 18.7 Å². The van der Waals surface area contributed by atoms with Gasteiger partial charge in [-0.15, -0.1) is 0 Å². The maximum atomic E-state index is 11.0. The largest absolute Gasteiger partial charge is 0.494 e. The molecule has 0 saturated heterocycles. The number of nitrogens with zero attached hydrogens (tertiary/aromatic N) is 1. The molecule has 5 nitrogen and oxygen atoms in total. The van der Waals surface area contributed by atoms with Crippen LogP contribution in [0.4, 0.5) is 11.4 Å². The molecule has 0 amide bonds. The molecule has 0 atom stereocenters. The summed E-state index contributed by atoms with van der Waals surface area (Å²) in [6, 6.07) is 12.4. The van der Waals surface area contributed by atoms with Crippen LogP contribution in [0.1, 0.15) is 12.5 Å². The van der Waals surface area contributed by atoms with Crippen molar-refractivity contribution in [1.29, 1.82) is 0 Å². The molecular formula is C15H15BrN2O3. The normalized spacial score (nSPS) is 10.2. The van der Waals surface area contributed by atoms with Crippen LogP contribution < -0.4 is 10.1 Å². The second-order valence-corrected chi connectivity index (χ2v) is 5.26. The Labute approximate surface area is 131 Å². The van der Waals surface area contributed by atoms with Crippen molar-refractivity contribution in [2.24, 2.45) is 0 Å². The highest BCUT2D eigenvalue weighted by Crippen LogP contribution is 2.24. The highest BCUT2D eigenvalue weighted by atomic mass is 79.9. The Bertz CT molecular complexity index is 629. The fraction of sp³-hybridized carbons (Fsp3) is 0.200. The van der Waals surface area contributed by atoms with Gasteiger partial charge in [-0.2, -0.15) is 0 Å². The van der Waals surface area contributed by atoms with E-state index in [0.717, 1.165) is 15.9 Å². The summed E-state index contributed by atoms with van der Waals surface area (Å²) in [7, 11) is 0. The lowest BCUT2D eigenvalue weighted by atomic mass is 10.1. The van der Waals surface area contributed by atoms with Gasteiger partial charge in [0.05, 0.1) is 11.5 Å². The van der Waals surface area contributed by atoms with Crippen LogP contribution >= 0.6 is 15.9 Å².